The first-order chi connectivity index (χ1) is 9.63. The first kappa shape index (κ1) is 16.0. The Morgan fingerprint density at radius 3 is 2.45 bits per heavy atom. The van der Waals surface area contributed by atoms with Crippen molar-refractivity contribution in [3.8, 4) is 5.75 Å². The lowest BCUT2D eigenvalue weighted by Gasteiger charge is -2.07. The molecule has 5 nitrogen and oxygen atoms in total. The molecule has 5 heteroatoms. The van der Waals surface area contributed by atoms with E-state index in [1.54, 1.807) is 24.3 Å². The van der Waals surface area contributed by atoms with Crippen LogP contribution in [0.4, 0.5) is 0 Å². The third-order valence-corrected chi connectivity index (χ3v) is 2.86. The summed E-state index contributed by atoms with van der Waals surface area (Å²) in [5.41, 5.74) is 5.55. The molecular formula is C15H22N2O3. The van der Waals surface area contributed by atoms with Crippen molar-refractivity contribution in [2.75, 3.05) is 13.2 Å². The van der Waals surface area contributed by atoms with Crippen LogP contribution in [0.15, 0.2) is 24.3 Å². The van der Waals surface area contributed by atoms with Crippen molar-refractivity contribution < 1.29 is 14.3 Å². The van der Waals surface area contributed by atoms with Gasteiger partial charge in [-0.2, -0.15) is 0 Å². The quantitative estimate of drug-likeness (QED) is 0.676. The summed E-state index contributed by atoms with van der Waals surface area (Å²) in [7, 11) is 0. The first-order valence-corrected chi connectivity index (χ1v) is 6.93. The monoisotopic (exact) mass is 278 g/mol. The molecule has 110 valence electrons. The Labute approximate surface area is 119 Å². The average Bonchev–Trinajstić information content (AvgIpc) is 2.45. The van der Waals surface area contributed by atoms with Gasteiger partial charge in [0.25, 0.3) is 5.91 Å². The standard InChI is InChI=1S/C15H22N2O3/c1-2-3-4-5-10-17-14(18)11-20-13-8-6-12(7-9-13)15(16)19/h6-9H,2-5,10-11H2,1H3,(H2,16,19)(H,17,18). The van der Waals surface area contributed by atoms with Gasteiger partial charge in [-0.05, 0) is 30.7 Å². The van der Waals surface area contributed by atoms with E-state index in [2.05, 4.69) is 12.2 Å². The second kappa shape index (κ2) is 8.96. The van der Waals surface area contributed by atoms with Crippen molar-refractivity contribution >= 4 is 11.8 Å². The molecule has 1 rings (SSSR count). The Morgan fingerprint density at radius 2 is 1.85 bits per heavy atom. The predicted molar refractivity (Wildman–Crippen MR) is 77.6 cm³/mol. The highest BCUT2D eigenvalue weighted by atomic mass is 16.5. The lowest BCUT2D eigenvalue weighted by atomic mass is 10.2. The zero-order valence-corrected chi connectivity index (χ0v) is 11.9. The molecule has 0 aromatic heterocycles. The highest BCUT2D eigenvalue weighted by Gasteiger charge is 2.03. The fourth-order valence-corrected chi connectivity index (χ4v) is 1.69. The Morgan fingerprint density at radius 1 is 1.15 bits per heavy atom. The number of rotatable bonds is 9. The van der Waals surface area contributed by atoms with Crippen LogP contribution in [0.1, 0.15) is 43.0 Å². The van der Waals surface area contributed by atoms with E-state index in [0.717, 1.165) is 12.8 Å². The molecule has 0 aliphatic rings. The van der Waals surface area contributed by atoms with Gasteiger partial charge < -0.3 is 15.8 Å². The van der Waals surface area contributed by atoms with Gasteiger partial charge in [0, 0.05) is 12.1 Å². The van der Waals surface area contributed by atoms with E-state index >= 15 is 0 Å². The Kier molecular flexibility index (Phi) is 7.17. The second-order valence-electron chi connectivity index (χ2n) is 4.59. The molecule has 2 amide bonds. The van der Waals surface area contributed by atoms with E-state index in [9.17, 15) is 9.59 Å². The molecule has 0 saturated carbocycles. The minimum Gasteiger partial charge on any atom is -0.484 e. The van der Waals surface area contributed by atoms with Crippen LogP contribution in [-0.4, -0.2) is 25.0 Å². The average molecular weight is 278 g/mol. The molecule has 0 fully saturated rings. The van der Waals surface area contributed by atoms with E-state index < -0.39 is 5.91 Å². The van der Waals surface area contributed by atoms with Crippen molar-refractivity contribution in [3.05, 3.63) is 29.8 Å². The Hall–Kier alpha value is -2.04. The summed E-state index contributed by atoms with van der Waals surface area (Å²) in [6.07, 6.45) is 4.50. The Bertz CT molecular complexity index is 429. The minimum atomic E-state index is -0.485. The van der Waals surface area contributed by atoms with Gasteiger partial charge >= 0.3 is 0 Å². The summed E-state index contributed by atoms with van der Waals surface area (Å²) < 4.78 is 5.32. The third-order valence-electron chi connectivity index (χ3n) is 2.86. The van der Waals surface area contributed by atoms with Crippen LogP contribution in [0.2, 0.25) is 0 Å². The van der Waals surface area contributed by atoms with Crippen LogP contribution in [0, 0.1) is 0 Å². The summed E-state index contributed by atoms with van der Waals surface area (Å²) in [6, 6.07) is 6.38. The molecule has 1 aromatic rings. The number of nitrogens with two attached hydrogens (primary N) is 1. The molecular weight excluding hydrogens is 256 g/mol. The lowest BCUT2D eigenvalue weighted by molar-refractivity contribution is -0.123. The summed E-state index contributed by atoms with van der Waals surface area (Å²) in [5, 5.41) is 2.80. The molecule has 0 radical (unpaired) electrons. The van der Waals surface area contributed by atoms with Crippen LogP contribution in [0.5, 0.6) is 5.75 Å². The number of carbonyl (C=O) groups is 2. The number of hydrogen-bond donors (Lipinski definition) is 2. The fourth-order valence-electron chi connectivity index (χ4n) is 1.69. The van der Waals surface area contributed by atoms with Crippen molar-refractivity contribution in [2.45, 2.75) is 32.6 Å². The van der Waals surface area contributed by atoms with Crippen LogP contribution in [0.3, 0.4) is 0 Å². The number of nitrogens with one attached hydrogen (secondary N) is 1. The molecule has 0 unspecified atom stereocenters. The number of hydrogen-bond acceptors (Lipinski definition) is 3. The summed E-state index contributed by atoms with van der Waals surface area (Å²) >= 11 is 0. The molecule has 3 N–H and O–H groups in total. The highest BCUT2D eigenvalue weighted by molar-refractivity contribution is 5.92. The summed E-state index contributed by atoms with van der Waals surface area (Å²) in [4.78, 5) is 22.4. The smallest absolute Gasteiger partial charge is 0.257 e. The third kappa shape index (κ3) is 6.22. The Balaban J connectivity index is 2.22. The molecule has 1 aromatic carbocycles. The zero-order valence-electron chi connectivity index (χ0n) is 11.9. The first-order valence-electron chi connectivity index (χ1n) is 6.93. The van der Waals surface area contributed by atoms with Crippen LogP contribution >= 0.6 is 0 Å². The lowest BCUT2D eigenvalue weighted by Crippen LogP contribution is -2.29. The molecule has 0 saturated heterocycles. The molecule has 0 atom stereocenters. The number of carbonyl (C=O) groups excluding carboxylic acids is 2. The topological polar surface area (TPSA) is 81.4 Å². The maximum absolute atomic E-state index is 11.5. The second-order valence-corrected chi connectivity index (χ2v) is 4.59. The minimum absolute atomic E-state index is 0.0241. The maximum atomic E-state index is 11.5. The molecule has 0 bridgehead atoms. The summed E-state index contributed by atoms with van der Waals surface area (Å²) in [6.45, 7) is 2.81. The van der Waals surface area contributed by atoms with Gasteiger partial charge in [0.05, 0.1) is 0 Å². The normalized spacial score (nSPS) is 10.1. The number of ether oxygens (including phenoxy) is 1. The van der Waals surface area contributed by atoms with Gasteiger partial charge in [-0.1, -0.05) is 26.2 Å². The highest BCUT2D eigenvalue weighted by Crippen LogP contribution is 2.11. The number of unbranched alkanes of at least 4 members (excludes halogenated alkanes) is 3. The van der Waals surface area contributed by atoms with Crippen LogP contribution in [0.25, 0.3) is 0 Å². The largest absolute Gasteiger partial charge is 0.484 e. The van der Waals surface area contributed by atoms with Crippen LogP contribution in [-0.2, 0) is 4.79 Å². The molecule has 0 aliphatic carbocycles. The molecule has 20 heavy (non-hydrogen) atoms. The molecule has 0 heterocycles. The van der Waals surface area contributed by atoms with Crippen molar-refractivity contribution in [1.82, 2.24) is 5.32 Å². The van der Waals surface area contributed by atoms with Gasteiger partial charge in [-0.15, -0.1) is 0 Å². The van der Waals surface area contributed by atoms with Crippen molar-refractivity contribution in [1.29, 1.82) is 0 Å². The van der Waals surface area contributed by atoms with E-state index in [4.69, 9.17) is 10.5 Å². The van der Waals surface area contributed by atoms with E-state index in [1.165, 1.54) is 12.8 Å². The van der Waals surface area contributed by atoms with Crippen LogP contribution < -0.4 is 15.8 Å². The van der Waals surface area contributed by atoms with Gasteiger partial charge in [0.2, 0.25) is 5.91 Å². The molecule has 0 aliphatic heterocycles. The molecule has 0 spiro atoms. The van der Waals surface area contributed by atoms with E-state index in [1.807, 2.05) is 0 Å². The maximum Gasteiger partial charge on any atom is 0.257 e. The van der Waals surface area contributed by atoms with E-state index in [0.29, 0.717) is 17.9 Å². The van der Waals surface area contributed by atoms with Crippen molar-refractivity contribution in [3.63, 3.8) is 0 Å². The fraction of sp³-hybridized carbons (Fsp3) is 0.467. The predicted octanol–water partition coefficient (Wildman–Crippen LogP) is 1.86. The zero-order chi connectivity index (χ0) is 14.8. The van der Waals surface area contributed by atoms with Gasteiger partial charge in [-0.25, -0.2) is 0 Å². The SMILES string of the molecule is CCCCCCNC(=O)COc1ccc(C(N)=O)cc1. The van der Waals surface area contributed by atoms with Gasteiger partial charge in [0.1, 0.15) is 5.75 Å². The van der Waals surface area contributed by atoms with Gasteiger partial charge in [0.15, 0.2) is 6.61 Å². The number of amides is 2. The van der Waals surface area contributed by atoms with Gasteiger partial charge in [-0.3, -0.25) is 9.59 Å². The van der Waals surface area contributed by atoms with E-state index in [-0.39, 0.29) is 12.5 Å². The van der Waals surface area contributed by atoms with Crippen molar-refractivity contribution in [2.24, 2.45) is 5.73 Å². The summed E-state index contributed by atoms with van der Waals surface area (Å²) in [5.74, 6) is -0.0852. The number of benzene rings is 1. The number of primary amides is 1.